The number of hydrogen-bond acceptors (Lipinski definition) is 2. The van der Waals surface area contributed by atoms with E-state index < -0.39 is 0 Å². The highest BCUT2D eigenvalue weighted by atomic mass is 15.0. The molecule has 2 bridgehead atoms. The van der Waals surface area contributed by atoms with Crippen molar-refractivity contribution in [3.8, 4) is 0 Å². The van der Waals surface area contributed by atoms with Crippen LogP contribution in [0.2, 0.25) is 0 Å². The summed E-state index contributed by atoms with van der Waals surface area (Å²) in [6, 6.07) is 1.51. The van der Waals surface area contributed by atoms with E-state index in [1.165, 1.54) is 45.2 Å². The van der Waals surface area contributed by atoms with E-state index in [1.807, 2.05) is 0 Å². The molecule has 3 rings (SSSR count). The Labute approximate surface area is 106 Å². The SMILES string of the molecule is CC12CCC(C1)C(C)(C)C2NC1CCNCC1. The van der Waals surface area contributed by atoms with E-state index in [1.54, 1.807) is 0 Å². The van der Waals surface area contributed by atoms with Crippen LogP contribution in [0.1, 0.15) is 52.9 Å². The fraction of sp³-hybridized carbons (Fsp3) is 1.00. The Bertz CT molecular complexity index is 289. The first-order valence-corrected chi connectivity index (χ1v) is 7.49. The van der Waals surface area contributed by atoms with E-state index in [-0.39, 0.29) is 0 Å². The van der Waals surface area contributed by atoms with Gasteiger partial charge in [-0.3, -0.25) is 0 Å². The van der Waals surface area contributed by atoms with Gasteiger partial charge in [-0.05, 0) is 61.9 Å². The fourth-order valence-corrected chi connectivity index (χ4v) is 4.94. The van der Waals surface area contributed by atoms with Crippen molar-refractivity contribution in [1.82, 2.24) is 10.6 Å². The monoisotopic (exact) mass is 236 g/mol. The van der Waals surface area contributed by atoms with Crippen molar-refractivity contribution in [3.63, 3.8) is 0 Å². The molecule has 0 amide bonds. The summed E-state index contributed by atoms with van der Waals surface area (Å²) >= 11 is 0. The molecule has 3 atom stereocenters. The van der Waals surface area contributed by atoms with Gasteiger partial charge in [0.1, 0.15) is 0 Å². The predicted octanol–water partition coefficient (Wildman–Crippen LogP) is 2.54. The maximum Gasteiger partial charge on any atom is 0.0177 e. The summed E-state index contributed by atoms with van der Waals surface area (Å²) in [7, 11) is 0. The van der Waals surface area contributed by atoms with Crippen LogP contribution in [-0.2, 0) is 0 Å². The van der Waals surface area contributed by atoms with Gasteiger partial charge < -0.3 is 10.6 Å². The molecule has 0 aromatic rings. The van der Waals surface area contributed by atoms with Gasteiger partial charge in [-0.2, -0.15) is 0 Å². The molecule has 0 spiro atoms. The number of piperidine rings is 1. The van der Waals surface area contributed by atoms with Gasteiger partial charge in [0.15, 0.2) is 0 Å². The van der Waals surface area contributed by atoms with E-state index in [9.17, 15) is 0 Å². The van der Waals surface area contributed by atoms with Gasteiger partial charge >= 0.3 is 0 Å². The van der Waals surface area contributed by atoms with E-state index in [0.717, 1.165) is 18.0 Å². The Balaban J connectivity index is 1.73. The van der Waals surface area contributed by atoms with Gasteiger partial charge in [-0.15, -0.1) is 0 Å². The topological polar surface area (TPSA) is 24.1 Å². The van der Waals surface area contributed by atoms with Gasteiger partial charge in [-0.1, -0.05) is 20.8 Å². The van der Waals surface area contributed by atoms with Crippen LogP contribution in [0.15, 0.2) is 0 Å². The fourth-order valence-electron chi connectivity index (χ4n) is 4.94. The van der Waals surface area contributed by atoms with E-state index >= 15 is 0 Å². The number of rotatable bonds is 2. The highest BCUT2D eigenvalue weighted by Crippen LogP contribution is 2.62. The van der Waals surface area contributed by atoms with Crippen LogP contribution in [-0.4, -0.2) is 25.2 Å². The molecular formula is C15H28N2. The average molecular weight is 236 g/mol. The summed E-state index contributed by atoms with van der Waals surface area (Å²) in [4.78, 5) is 0. The Morgan fingerprint density at radius 2 is 1.76 bits per heavy atom. The van der Waals surface area contributed by atoms with E-state index in [0.29, 0.717) is 10.8 Å². The van der Waals surface area contributed by atoms with Gasteiger partial charge in [0.25, 0.3) is 0 Å². The van der Waals surface area contributed by atoms with Crippen molar-refractivity contribution in [1.29, 1.82) is 0 Å². The highest BCUT2D eigenvalue weighted by molar-refractivity contribution is 5.12. The molecule has 2 nitrogen and oxygen atoms in total. The van der Waals surface area contributed by atoms with Crippen LogP contribution in [0.4, 0.5) is 0 Å². The molecule has 1 heterocycles. The lowest BCUT2D eigenvalue weighted by atomic mass is 9.68. The quantitative estimate of drug-likeness (QED) is 0.770. The molecule has 98 valence electrons. The molecule has 2 aliphatic carbocycles. The van der Waals surface area contributed by atoms with Crippen molar-refractivity contribution in [2.24, 2.45) is 16.7 Å². The minimum Gasteiger partial charge on any atom is -0.317 e. The predicted molar refractivity (Wildman–Crippen MR) is 72.0 cm³/mol. The third-order valence-corrected chi connectivity index (χ3v) is 6.01. The lowest BCUT2D eigenvalue weighted by molar-refractivity contribution is 0.0935. The van der Waals surface area contributed by atoms with Crippen molar-refractivity contribution < 1.29 is 0 Å². The number of nitrogens with one attached hydrogen (secondary N) is 2. The molecule has 0 aromatic carbocycles. The number of fused-ring (bicyclic) bond motifs is 2. The maximum absolute atomic E-state index is 4.04. The molecular weight excluding hydrogens is 208 g/mol. The van der Waals surface area contributed by atoms with Crippen LogP contribution < -0.4 is 10.6 Å². The molecule has 3 unspecified atom stereocenters. The van der Waals surface area contributed by atoms with Gasteiger partial charge in [-0.25, -0.2) is 0 Å². The average Bonchev–Trinajstić information content (AvgIpc) is 2.77. The van der Waals surface area contributed by atoms with E-state index in [2.05, 4.69) is 31.4 Å². The second-order valence-electron chi connectivity index (χ2n) is 7.54. The standard InChI is InChI=1S/C15H28N2/c1-14(2)11-4-7-15(3,10-11)13(14)17-12-5-8-16-9-6-12/h11-13,16-17H,4-10H2,1-3H3. The summed E-state index contributed by atoms with van der Waals surface area (Å²) in [5.74, 6) is 0.965. The summed E-state index contributed by atoms with van der Waals surface area (Å²) in [6.07, 6.45) is 7.00. The van der Waals surface area contributed by atoms with Crippen molar-refractivity contribution >= 4 is 0 Å². The van der Waals surface area contributed by atoms with Gasteiger partial charge in [0, 0.05) is 12.1 Å². The molecule has 3 fully saturated rings. The molecule has 17 heavy (non-hydrogen) atoms. The highest BCUT2D eigenvalue weighted by Gasteiger charge is 2.59. The van der Waals surface area contributed by atoms with Crippen molar-refractivity contribution in [2.45, 2.75) is 65.0 Å². The van der Waals surface area contributed by atoms with Gasteiger partial charge in [0.05, 0.1) is 0 Å². The molecule has 0 aromatic heterocycles. The van der Waals surface area contributed by atoms with Gasteiger partial charge in [0.2, 0.25) is 0 Å². The third-order valence-electron chi connectivity index (χ3n) is 6.01. The second kappa shape index (κ2) is 3.96. The molecule has 2 N–H and O–H groups in total. The molecule has 0 radical (unpaired) electrons. The minimum absolute atomic E-state index is 0.512. The first-order chi connectivity index (χ1) is 8.02. The zero-order valence-electron chi connectivity index (χ0n) is 11.7. The molecule has 2 saturated carbocycles. The van der Waals surface area contributed by atoms with Crippen LogP contribution >= 0.6 is 0 Å². The Kier molecular flexibility index (Phi) is 2.79. The van der Waals surface area contributed by atoms with Crippen LogP contribution in [0, 0.1) is 16.7 Å². The zero-order valence-corrected chi connectivity index (χ0v) is 11.7. The second-order valence-corrected chi connectivity index (χ2v) is 7.54. The molecule has 1 aliphatic heterocycles. The molecule has 1 saturated heterocycles. The largest absolute Gasteiger partial charge is 0.317 e. The minimum atomic E-state index is 0.512. The van der Waals surface area contributed by atoms with Crippen LogP contribution in [0.25, 0.3) is 0 Å². The summed E-state index contributed by atoms with van der Waals surface area (Å²) in [5, 5.41) is 7.50. The summed E-state index contributed by atoms with van der Waals surface area (Å²) in [5.41, 5.74) is 1.09. The third kappa shape index (κ3) is 1.84. The molecule has 2 heteroatoms. The van der Waals surface area contributed by atoms with Crippen LogP contribution in [0.5, 0.6) is 0 Å². The van der Waals surface area contributed by atoms with E-state index in [4.69, 9.17) is 0 Å². The normalized spacial score (nSPS) is 45.4. The molecule has 3 aliphatic rings. The lowest BCUT2D eigenvalue weighted by Gasteiger charge is -2.45. The summed E-state index contributed by atoms with van der Waals surface area (Å²) < 4.78 is 0. The van der Waals surface area contributed by atoms with Crippen molar-refractivity contribution in [2.75, 3.05) is 13.1 Å². The van der Waals surface area contributed by atoms with Crippen LogP contribution in [0.3, 0.4) is 0 Å². The zero-order chi connectivity index (χ0) is 12.1. The first-order valence-electron chi connectivity index (χ1n) is 7.49. The first kappa shape index (κ1) is 12.0. The number of hydrogen-bond donors (Lipinski definition) is 2. The van der Waals surface area contributed by atoms with Crippen molar-refractivity contribution in [3.05, 3.63) is 0 Å². The maximum atomic E-state index is 4.04. The Morgan fingerprint density at radius 3 is 2.35 bits per heavy atom. The smallest absolute Gasteiger partial charge is 0.0177 e. The lowest BCUT2D eigenvalue weighted by Crippen LogP contribution is -2.55. The Hall–Kier alpha value is -0.0800. The summed E-state index contributed by atoms with van der Waals surface area (Å²) in [6.45, 7) is 9.93. The Morgan fingerprint density at radius 1 is 1.06 bits per heavy atom.